The maximum atomic E-state index is 11.1. The van der Waals surface area contributed by atoms with Gasteiger partial charge < -0.3 is 10.4 Å². The average Bonchev–Trinajstić information content (AvgIpc) is 2.04. The van der Waals surface area contributed by atoms with E-state index in [4.69, 9.17) is 0 Å². The molecule has 2 rings (SSSR count). The van der Waals surface area contributed by atoms with Crippen molar-refractivity contribution in [3.63, 3.8) is 0 Å². The van der Waals surface area contributed by atoms with E-state index in [0.29, 0.717) is 20.4 Å². The SMILES string of the molecule is [O-][n+]1cc2ccncc2[n+]([O-])c1. The zero-order valence-corrected chi connectivity index (χ0v) is 6.04. The summed E-state index contributed by atoms with van der Waals surface area (Å²) in [5.41, 5.74) is 0.393. The molecule has 2 aromatic rings. The summed E-state index contributed by atoms with van der Waals surface area (Å²) in [5, 5.41) is 22.4. The second kappa shape index (κ2) is 2.30. The van der Waals surface area contributed by atoms with Gasteiger partial charge in [-0.25, -0.2) is 0 Å². The van der Waals surface area contributed by atoms with Gasteiger partial charge in [-0.2, -0.15) is 0 Å². The number of pyridine rings is 1. The molecule has 2 heterocycles. The van der Waals surface area contributed by atoms with E-state index in [9.17, 15) is 10.4 Å². The van der Waals surface area contributed by atoms with Crippen molar-refractivity contribution in [3.8, 4) is 0 Å². The minimum atomic E-state index is 0.393. The molecule has 0 atom stereocenters. The van der Waals surface area contributed by atoms with E-state index in [1.807, 2.05) is 0 Å². The van der Waals surface area contributed by atoms with Crippen LogP contribution in [0.5, 0.6) is 0 Å². The van der Waals surface area contributed by atoms with Crippen LogP contribution in [0.3, 0.4) is 0 Å². The first-order valence-corrected chi connectivity index (χ1v) is 3.33. The van der Waals surface area contributed by atoms with Crippen molar-refractivity contribution in [2.24, 2.45) is 0 Å². The lowest BCUT2D eigenvalue weighted by molar-refractivity contribution is -0.730. The highest BCUT2D eigenvalue weighted by Gasteiger charge is 2.07. The molecular weight excluding hydrogens is 158 g/mol. The molecule has 0 aliphatic carbocycles. The molecular formula is C7H5N3O2. The van der Waals surface area contributed by atoms with Crippen LogP contribution in [0.4, 0.5) is 0 Å². The normalized spacial score (nSPS) is 10.3. The maximum Gasteiger partial charge on any atom is 0.430 e. The predicted molar refractivity (Wildman–Crippen MR) is 39.7 cm³/mol. The third kappa shape index (κ3) is 0.914. The summed E-state index contributed by atoms with van der Waals surface area (Å²) >= 11 is 0. The molecule has 0 aliphatic rings. The van der Waals surface area contributed by atoms with Crippen molar-refractivity contribution in [1.29, 1.82) is 0 Å². The van der Waals surface area contributed by atoms with Gasteiger partial charge in [0.15, 0.2) is 0 Å². The fourth-order valence-corrected chi connectivity index (χ4v) is 1.03. The first-order valence-electron chi connectivity index (χ1n) is 3.33. The summed E-state index contributed by atoms with van der Waals surface area (Å²) in [5.74, 6) is 0. The van der Waals surface area contributed by atoms with Crippen molar-refractivity contribution in [1.82, 2.24) is 4.98 Å². The number of rotatable bonds is 0. The third-order valence-corrected chi connectivity index (χ3v) is 1.56. The van der Waals surface area contributed by atoms with Crippen molar-refractivity contribution in [3.05, 3.63) is 41.4 Å². The fraction of sp³-hybridized carbons (Fsp3) is 0. The minimum absolute atomic E-state index is 0.393. The maximum absolute atomic E-state index is 11.1. The molecule has 60 valence electrons. The average molecular weight is 163 g/mol. The first kappa shape index (κ1) is 6.78. The van der Waals surface area contributed by atoms with Gasteiger partial charge in [0.2, 0.25) is 6.20 Å². The Bertz CT molecular complexity index is 430. The molecule has 0 radical (unpaired) electrons. The quantitative estimate of drug-likeness (QED) is 0.388. The van der Waals surface area contributed by atoms with Gasteiger partial charge in [-0.05, 0) is 6.07 Å². The summed E-state index contributed by atoms with van der Waals surface area (Å²) in [4.78, 5) is 3.77. The number of nitrogens with zero attached hydrogens (tertiary/aromatic N) is 3. The van der Waals surface area contributed by atoms with Gasteiger partial charge in [-0.1, -0.05) is 0 Å². The van der Waals surface area contributed by atoms with Crippen LogP contribution in [-0.4, -0.2) is 4.98 Å². The summed E-state index contributed by atoms with van der Waals surface area (Å²) in [6.07, 6.45) is 5.18. The Balaban J connectivity index is 2.89. The van der Waals surface area contributed by atoms with Crippen molar-refractivity contribution >= 4 is 10.9 Å². The molecule has 0 bridgehead atoms. The molecule has 0 spiro atoms. The van der Waals surface area contributed by atoms with Crippen molar-refractivity contribution in [2.75, 3.05) is 0 Å². The third-order valence-electron chi connectivity index (χ3n) is 1.56. The first-order chi connectivity index (χ1) is 5.77. The van der Waals surface area contributed by atoms with Crippen LogP contribution < -0.4 is 9.46 Å². The van der Waals surface area contributed by atoms with Gasteiger partial charge in [-0.15, -0.1) is 9.46 Å². The van der Waals surface area contributed by atoms with Crippen LogP contribution in [0.1, 0.15) is 0 Å². The Hall–Kier alpha value is -1.91. The van der Waals surface area contributed by atoms with E-state index in [1.54, 1.807) is 6.07 Å². The summed E-state index contributed by atoms with van der Waals surface area (Å²) in [7, 11) is 0. The molecule has 0 unspecified atom stereocenters. The number of hydrogen-bond acceptors (Lipinski definition) is 3. The van der Waals surface area contributed by atoms with Gasteiger partial charge in [0.25, 0.3) is 5.52 Å². The highest BCUT2D eigenvalue weighted by Crippen LogP contribution is 2.02. The highest BCUT2D eigenvalue weighted by molar-refractivity contribution is 5.72. The van der Waals surface area contributed by atoms with Crippen molar-refractivity contribution < 1.29 is 9.46 Å². The molecule has 0 aliphatic heterocycles. The Labute approximate surface area is 67.7 Å². The molecule has 0 saturated heterocycles. The lowest BCUT2D eigenvalue weighted by Crippen LogP contribution is -2.40. The monoisotopic (exact) mass is 163 g/mol. The molecule has 12 heavy (non-hydrogen) atoms. The summed E-state index contributed by atoms with van der Waals surface area (Å²) in [6.45, 7) is 0. The molecule has 5 heteroatoms. The zero-order valence-electron chi connectivity index (χ0n) is 6.04. The smallest absolute Gasteiger partial charge is 0.430 e. The summed E-state index contributed by atoms with van der Waals surface area (Å²) in [6, 6.07) is 1.61. The largest absolute Gasteiger partial charge is 0.614 e. The number of fused-ring (bicyclic) bond motifs is 1. The topological polar surface area (TPSA) is 66.8 Å². The van der Waals surface area contributed by atoms with E-state index in [1.165, 1.54) is 18.6 Å². The van der Waals surface area contributed by atoms with E-state index >= 15 is 0 Å². The van der Waals surface area contributed by atoms with Gasteiger partial charge in [0.1, 0.15) is 11.6 Å². The van der Waals surface area contributed by atoms with E-state index in [0.717, 1.165) is 6.33 Å². The van der Waals surface area contributed by atoms with Crippen LogP contribution in [0, 0.1) is 10.4 Å². The van der Waals surface area contributed by atoms with Gasteiger partial charge in [-0.3, -0.25) is 4.98 Å². The van der Waals surface area contributed by atoms with Crippen LogP contribution >= 0.6 is 0 Å². The standard InChI is InChI=1S/C7H5N3O2/c11-9-4-6-1-2-8-3-7(6)10(12)5-9/h1-5H. The second-order valence-electron chi connectivity index (χ2n) is 2.36. The van der Waals surface area contributed by atoms with Crippen LogP contribution in [0.15, 0.2) is 31.0 Å². The predicted octanol–water partition coefficient (Wildman–Crippen LogP) is -0.498. The van der Waals surface area contributed by atoms with E-state index < -0.39 is 0 Å². The van der Waals surface area contributed by atoms with Gasteiger partial charge in [0, 0.05) is 6.20 Å². The lowest BCUT2D eigenvalue weighted by Gasteiger charge is -1.99. The molecule has 2 aromatic heterocycles. The molecule has 0 aromatic carbocycles. The van der Waals surface area contributed by atoms with Crippen LogP contribution in [0.2, 0.25) is 0 Å². The lowest BCUT2D eigenvalue weighted by atomic mass is 10.3. The zero-order chi connectivity index (χ0) is 8.55. The Morgan fingerprint density at radius 3 is 3.00 bits per heavy atom. The molecule has 5 nitrogen and oxygen atoms in total. The molecule has 0 fully saturated rings. The van der Waals surface area contributed by atoms with Gasteiger partial charge in [0.05, 0.1) is 0 Å². The van der Waals surface area contributed by atoms with Gasteiger partial charge >= 0.3 is 6.33 Å². The van der Waals surface area contributed by atoms with E-state index in [-0.39, 0.29) is 0 Å². The van der Waals surface area contributed by atoms with E-state index in [2.05, 4.69) is 4.98 Å². The Morgan fingerprint density at radius 2 is 2.17 bits per heavy atom. The van der Waals surface area contributed by atoms with Crippen LogP contribution in [0.25, 0.3) is 10.9 Å². The van der Waals surface area contributed by atoms with Crippen molar-refractivity contribution in [2.45, 2.75) is 0 Å². The Kier molecular flexibility index (Phi) is 1.30. The highest BCUT2D eigenvalue weighted by atomic mass is 16.5. The summed E-state index contributed by atoms with van der Waals surface area (Å²) < 4.78 is 0.963. The van der Waals surface area contributed by atoms with Crippen LogP contribution in [-0.2, 0) is 0 Å². The Morgan fingerprint density at radius 1 is 1.33 bits per heavy atom. The fourth-order valence-electron chi connectivity index (χ4n) is 1.03. The second-order valence-corrected chi connectivity index (χ2v) is 2.36. The minimum Gasteiger partial charge on any atom is -0.614 e. The molecule has 0 saturated carbocycles. The molecule has 0 N–H and O–H groups in total. The molecule has 0 amide bonds. The number of aromatic nitrogens is 3. The number of hydrogen-bond donors (Lipinski definition) is 0.